The van der Waals surface area contributed by atoms with Gasteiger partial charge in [-0.25, -0.2) is 8.42 Å². The standard InChI is InChI=1S/C31H29N5O6S/c37-23-11-9-20(10-12-23)17-25(34-30(39)24-8-3-5-21-6-4-15-33-28(21)24)31(40)35-16-13-26-29(35)27(38)18-36(26)43(41,42)19-22-7-1-2-14-32-22/h1-12,14-15,25-26,29,37H,13,16-19H2,(H,34,39). The minimum atomic E-state index is -3.89. The van der Waals surface area contributed by atoms with Crippen molar-refractivity contribution in [3.05, 3.63) is 102 Å². The van der Waals surface area contributed by atoms with Crippen molar-refractivity contribution < 1.29 is 27.9 Å². The Kier molecular flexibility index (Phi) is 7.63. The third kappa shape index (κ3) is 5.71. The normalized spacial score (nSPS) is 19.3. The number of para-hydroxylation sites is 1. The quantitative estimate of drug-likeness (QED) is 0.313. The monoisotopic (exact) mass is 599 g/mol. The number of carbonyl (C=O) groups excluding carboxylic acids is 3. The molecule has 2 fully saturated rings. The number of hydrogen-bond donors (Lipinski definition) is 2. The SMILES string of the molecule is O=C(NC(Cc1ccc(O)cc1)C(=O)N1CCC2C1C(=O)CN2S(=O)(=O)Cc1ccccn1)c1cccc2cccnc12. The maximum atomic E-state index is 14.1. The van der Waals surface area contributed by atoms with E-state index in [0.29, 0.717) is 22.3 Å². The number of nitrogens with one attached hydrogen (secondary N) is 1. The highest BCUT2D eigenvalue weighted by Gasteiger charge is 2.54. The van der Waals surface area contributed by atoms with Gasteiger partial charge in [0.1, 0.15) is 23.6 Å². The third-order valence-electron chi connectivity index (χ3n) is 7.93. The van der Waals surface area contributed by atoms with E-state index in [2.05, 4.69) is 15.3 Å². The van der Waals surface area contributed by atoms with E-state index in [-0.39, 0.29) is 43.2 Å². The molecule has 220 valence electrons. The summed E-state index contributed by atoms with van der Waals surface area (Å²) in [6.07, 6.45) is 3.47. The van der Waals surface area contributed by atoms with Gasteiger partial charge in [-0.1, -0.05) is 36.4 Å². The first-order valence-electron chi connectivity index (χ1n) is 13.9. The largest absolute Gasteiger partial charge is 0.508 e. The molecule has 2 aromatic heterocycles. The average Bonchev–Trinajstić information content (AvgIpc) is 3.59. The molecule has 12 heteroatoms. The second kappa shape index (κ2) is 11.5. The predicted octanol–water partition coefficient (Wildman–Crippen LogP) is 2.06. The average molecular weight is 600 g/mol. The number of amides is 2. The molecule has 0 spiro atoms. The zero-order valence-electron chi connectivity index (χ0n) is 23.0. The van der Waals surface area contributed by atoms with Gasteiger partial charge >= 0.3 is 0 Å². The summed E-state index contributed by atoms with van der Waals surface area (Å²) in [5.74, 6) is -1.65. The van der Waals surface area contributed by atoms with Crippen LogP contribution in [0.5, 0.6) is 5.75 Å². The topological polar surface area (TPSA) is 150 Å². The van der Waals surface area contributed by atoms with E-state index in [1.54, 1.807) is 54.7 Å². The fourth-order valence-electron chi connectivity index (χ4n) is 5.93. The Morgan fingerprint density at radius 1 is 0.977 bits per heavy atom. The molecule has 6 rings (SSSR count). The maximum Gasteiger partial charge on any atom is 0.254 e. The van der Waals surface area contributed by atoms with Crippen molar-refractivity contribution >= 4 is 38.5 Å². The van der Waals surface area contributed by atoms with Crippen LogP contribution in [0.15, 0.2) is 85.2 Å². The molecule has 3 unspecified atom stereocenters. The Labute approximate surface area is 248 Å². The van der Waals surface area contributed by atoms with Gasteiger partial charge in [0.05, 0.1) is 29.4 Å². The number of Topliss-reactive ketones (excluding diaryl/α,β-unsaturated/α-hetero) is 1. The number of aromatic hydroxyl groups is 1. The lowest BCUT2D eigenvalue weighted by molar-refractivity contribution is -0.138. The highest BCUT2D eigenvalue weighted by Crippen LogP contribution is 2.33. The van der Waals surface area contributed by atoms with Crippen LogP contribution >= 0.6 is 0 Å². The first kappa shape index (κ1) is 28.4. The molecule has 4 aromatic rings. The number of nitrogens with zero attached hydrogens (tertiary/aromatic N) is 4. The van der Waals surface area contributed by atoms with Gasteiger partial charge in [-0.15, -0.1) is 0 Å². The summed E-state index contributed by atoms with van der Waals surface area (Å²) in [4.78, 5) is 50.8. The van der Waals surface area contributed by atoms with E-state index < -0.39 is 40.0 Å². The van der Waals surface area contributed by atoms with Crippen LogP contribution in [0.25, 0.3) is 10.9 Å². The van der Waals surface area contributed by atoms with E-state index in [1.807, 2.05) is 12.1 Å². The van der Waals surface area contributed by atoms with Gasteiger partial charge in [0.25, 0.3) is 5.91 Å². The number of fused-ring (bicyclic) bond motifs is 2. The second-order valence-corrected chi connectivity index (χ2v) is 12.6. The summed E-state index contributed by atoms with van der Waals surface area (Å²) in [6.45, 7) is -0.168. The van der Waals surface area contributed by atoms with Crippen molar-refractivity contribution in [1.82, 2.24) is 24.5 Å². The highest BCUT2D eigenvalue weighted by atomic mass is 32.2. The Morgan fingerprint density at radius 3 is 2.51 bits per heavy atom. The van der Waals surface area contributed by atoms with Crippen LogP contribution < -0.4 is 5.32 Å². The van der Waals surface area contributed by atoms with Crippen molar-refractivity contribution in [3.8, 4) is 5.75 Å². The first-order valence-corrected chi connectivity index (χ1v) is 15.5. The van der Waals surface area contributed by atoms with Crippen molar-refractivity contribution in [1.29, 1.82) is 0 Å². The molecule has 4 heterocycles. The van der Waals surface area contributed by atoms with Crippen LogP contribution in [0.4, 0.5) is 0 Å². The zero-order valence-corrected chi connectivity index (χ0v) is 23.9. The number of sulfonamides is 1. The first-order chi connectivity index (χ1) is 20.7. The molecule has 2 N–H and O–H groups in total. The Hall–Kier alpha value is -4.68. The van der Waals surface area contributed by atoms with E-state index in [4.69, 9.17) is 0 Å². The minimum absolute atomic E-state index is 0.0587. The van der Waals surface area contributed by atoms with Gasteiger partial charge in [0.15, 0.2) is 5.78 Å². The summed E-state index contributed by atoms with van der Waals surface area (Å²) in [5, 5.41) is 13.4. The van der Waals surface area contributed by atoms with Crippen LogP contribution in [0, 0.1) is 0 Å². The lowest BCUT2D eigenvalue weighted by Gasteiger charge is -2.28. The fraction of sp³-hybridized carbons (Fsp3) is 0.258. The molecule has 3 atom stereocenters. The van der Waals surface area contributed by atoms with E-state index in [9.17, 15) is 27.9 Å². The van der Waals surface area contributed by atoms with Gasteiger partial charge in [0.2, 0.25) is 15.9 Å². The van der Waals surface area contributed by atoms with Gasteiger partial charge in [-0.05, 0) is 48.4 Å². The number of benzene rings is 2. The van der Waals surface area contributed by atoms with Gasteiger partial charge < -0.3 is 15.3 Å². The molecule has 2 saturated heterocycles. The summed E-state index contributed by atoms with van der Waals surface area (Å²) in [7, 11) is -3.89. The fourth-order valence-corrected chi connectivity index (χ4v) is 7.59. The molecular weight excluding hydrogens is 570 g/mol. The molecule has 2 aromatic carbocycles. The third-order valence-corrected chi connectivity index (χ3v) is 9.71. The summed E-state index contributed by atoms with van der Waals surface area (Å²) in [6, 6.07) is 17.4. The lowest BCUT2D eigenvalue weighted by Crippen LogP contribution is -2.53. The number of aromatic nitrogens is 2. The zero-order chi connectivity index (χ0) is 30.1. The molecule has 0 radical (unpaired) electrons. The Balaban J connectivity index is 1.26. The van der Waals surface area contributed by atoms with E-state index >= 15 is 0 Å². The second-order valence-electron chi connectivity index (χ2n) is 10.7. The predicted molar refractivity (Wildman–Crippen MR) is 157 cm³/mol. The molecule has 0 bridgehead atoms. The number of likely N-dealkylation sites (tertiary alicyclic amines) is 1. The number of rotatable bonds is 8. The number of hydrogen-bond acceptors (Lipinski definition) is 8. The highest BCUT2D eigenvalue weighted by molar-refractivity contribution is 7.88. The molecule has 43 heavy (non-hydrogen) atoms. The van der Waals surface area contributed by atoms with Crippen LogP contribution in [0.1, 0.15) is 28.0 Å². The molecule has 2 aliphatic rings. The number of phenolic OH excluding ortho intramolecular Hbond substituents is 1. The number of phenols is 1. The van der Waals surface area contributed by atoms with Crippen LogP contribution in [-0.4, -0.2) is 81.5 Å². The molecule has 0 aliphatic carbocycles. The van der Waals surface area contributed by atoms with E-state index in [0.717, 1.165) is 5.39 Å². The van der Waals surface area contributed by atoms with E-state index in [1.165, 1.54) is 27.5 Å². The lowest BCUT2D eigenvalue weighted by atomic mass is 10.0. The smallest absolute Gasteiger partial charge is 0.254 e. The van der Waals surface area contributed by atoms with Crippen molar-refractivity contribution in [3.63, 3.8) is 0 Å². The summed E-state index contributed by atoms with van der Waals surface area (Å²) in [5.41, 5.74) is 1.83. The van der Waals surface area contributed by atoms with Crippen molar-refractivity contribution in [2.75, 3.05) is 13.1 Å². The number of pyridine rings is 2. The number of carbonyl (C=O) groups is 3. The Morgan fingerprint density at radius 2 is 1.74 bits per heavy atom. The molecule has 2 amide bonds. The van der Waals surface area contributed by atoms with Crippen molar-refractivity contribution in [2.45, 2.75) is 36.7 Å². The number of ketones is 1. The van der Waals surface area contributed by atoms with Crippen LogP contribution in [-0.2, 0) is 31.8 Å². The van der Waals surface area contributed by atoms with Gasteiger partial charge in [-0.3, -0.25) is 24.4 Å². The molecule has 11 nitrogen and oxygen atoms in total. The van der Waals surface area contributed by atoms with Crippen LogP contribution in [0.2, 0.25) is 0 Å². The summed E-state index contributed by atoms with van der Waals surface area (Å²) < 4.78 is 27.8. The van der Waals surface area contributed by atoms with Gasteiger partial charge in [-0.2, -0.15) is 4.31 Å². The van der Waals surface area contributed by atoms with Crippen molar-refractivity contribution in [2.24, 2.45) is 0 Å². The Bertz CT molecular complexity index is 1790. The molecule has 0 saturated carbocycles. The molecular formula is C31H29N5O6S. The minimum Gasteiger partial charge on any atom is -0.508 e. The molecule has 2 aliphatic heterocycles. The maximum absolute atomic E-state index is 14.1. The van der Waals surface area contributed by atoms with Crippen LogP contribution in [0.3, 0.4) is 0 Å². The van der Waals surface area contributed by atoms with Gasteiger partial charge in [0, 0.05) is 30.7 Å². The summed E-state index contributed by atoms with van der Waals surface area (Å²) >= 11 is 0.